The average Bonchev–Trinajstić information content (AvgIpc) is 3.20. The van der Waals surface area contributed by atoms with Crippen molar-refractivity contribution in [1.82, 2.24) is 5.32 Å². The van der Waals surface area contributed by atoms with Crippen LogP contribution >= 0.6 is 11.8 Å². The number of carbonyl (C=O) groups excluding carboxylic acids is 3. The van der Waals surface area contributed by atoms with E-state index in [1.54, 1.807) is 13.8 Å². The van der Waals surface area contributed by atoms with E-state index in [4.69, 9.17) is 28.1 Å². The smallest absolute Gasteiger partial charge is 0.464 e. The van der Waals surface area contributed by atoms with Crippen LogP contribution in [0.5, 0.6) is 0 Å². The molecule has 0 fully saturated rings. The van der Waals surface area contributed by atoms with E-state index in [9.17, 15) is 19.2 Å². The molecule has 0 unspecified atom stereocenters. The van der Waals surface area contributed by atoms with E-state index in [0.717, 1.165) is 0 Å². The molecule has 2 heterocycles. The minimum Gasteiger partial charge on any atom is -0.464 e. The number of hydrogen-bond acceptors (Lipinski definition) is 12. The van der Waals surface area contributed by atoms with Crippen molar-refractivity contribution in [3.63, 3.8) is 0 Å². The third-order valence-electron chi connectivity index (χ3n) is 3.62. The van der Waals surface area contributed by atoms with Crippen molar-refractivity contribution in [2.75, 3.05) is 19.0 Å². The highest BCUT2D eigenvalue weighted by Crippen LogP contribution is 2.23. The Hall–Kier alpha value is -3.35. The van der Waals surface area contributed by atoms with Gasteiger partial charge < -0.3 is 37.8 Å². The van der Waals surface area contributed by atoms with Crippen molar-refractivity contribution in [3.8, 4) is 0 Å². The number of nitrogens with one attached hydrogen (secondary N) is 1. The first-order valence-electron chi connectivity index (χ1n) is 8.92. The first-order chi connectivity index (χ1) is 14.7. The van der Waals surface area contributed by atoms with Gasteiger partial charge in [0.15, 0.2) is 30.5 Å². The molecule has 31 heavy (non-hydrogen) atoms. The molecular weight excluding hydrogens is 438 g/mol. The van der Waals surface area contributed by atoms with Gasteiger partial charge in [-0.05, 0) is 39.1 Å². The predicted molar refractivity (Wildman–Crippen MR) is 104 cm³/mol. The number of aryl methyl sites for hydroxylation is 1. The van der Waals surface area contributed by atoms with E-state index >= 15 is 0 Å². The zero-order chi connectivity index (χ0) is 23.0. The van der Waals surface area contributed by atoms with Crippen molar-refractivity contribution in [2.24, 2.45) is 0 Å². The van der Waals surface area contributed by atoms with Crippen LogP contribution in [0.2, 0.25) is 0 Å². The normalized spacial score (nSPS) is 13.8. The van der Waals surface area contributed by atoms with Crippen molar-refractivity contribution in [1.29, 1.82) is 0 Å². The van der Waals surface area contributed by atoms with Crippen LogP contribution in [0.25, 0.3) is 0 Å². The Morgan fingerprint density at radius 1 is 1.10 bits per heavy atom. The number of allylic oxidation sites excluding steroid dienone is 1. The minimum atomic E-state index is -1.20. The molecule has 12 nitrogen and oxygen atoms in total. The Kier molecular flexibility index (Phi) is 8.61. The molecule has 1 aromatic heterocycles. The van der Waals surface area contributed by atoms with Gasteiger partial charge in [-0.2, -0.15) is 0 Å². The Balaban J connectivity index is 1.84. The number of rotatable bonds is 9. The summed E-state index contributed by atoms with van der Waals surface area (Å²) in [4.78, 5) is 47.0. The summed E-state index contributed by atoms with van der Waals surface area (Å²) in [6, 6.07) is -1.20. The molecule has 0 bridgehead atoms. The van der Waals surface area contributed by atoms with Crippen LogP contribution in [0.3, 0.4) is 0 Å². The lowest BCUT2D eigenvalue weighted by Gasteiger charge is -2.16. The van der Waals surface area contributed by atoms with Gasteiger partial charge in [-0.25, -0.2) is 19.2 Å². The molecule has 1 atom stereocenters. The fourth-order valence-electron chi connectivity index (χ4n) is 2.14. The van der Waals surface area contributed by atoms with Gasteiger partial charge >= 0.3 is 23.2 Å². The first-order valence-corrected chi connectivity index (χ1v) is 9.91. The number of thioether (sulfide) groups is 1. The highest BCUT2D eigenvalue weighted by atomic mass is 32.2. The number of esters is 1. The Labute approximate surface area is 180 Å². The predicted octanol–water partition coefficient (Wildman–Crippen LogP) is 2.32. The summed E-state index contributed by atoms with van der Waals surface area (Å²) in [6.45, 7) is 7.64. The molecule has 0 radical (unpaired) electrons. The lowest BCUT2D eigenvalue weighted by Crippen LogP contribution is -2.44. The molecule has 1 aliphatic heterocycles. The molecule has 0 aliphatic carbocycles. The lowest BCUT2D eigenvalue weighted by molar-refractivity contribution is -0.144. The summed E-state index contributed by atoms with van der Waals surface area (Å²) in [5, 5.41) is 1.56. The van der Waals surface area contributed by atoms with Crippen LogP contribution < -0.4 is 11.1 Å². The largest absolute Gasteiger partial charge is 0.519 e. The Morgan fingerprint density at radius 2 is 1.84 bits per heavy atom. The van der Waals surface area contributed by atoms with E-state index in [-0.39, 0.29) is 36.4 Å². The average molecular weight is 459 g/mol. The number of hydrogen-bond donors (Lipinski definition) is 1. The fraction of sp³-hybridized carbons (Fsp3) is 0.444. The summed E-state index contributed by atoms with van der Waals surface area (Å²) >= 11 is 0.638. The van der Waals surface area contributed by atoms with E-state index in [0.29, 0.717) is 23.3 Å². The summed E-state index contributed by atoms with van der Waals surface area (Å²) in [6.07, 6.45) is -0.994. The molecule has 13 heteroatoms. The first kappa shape index (κ1) is 23.9. The summed E-state index contributed by atoms with van der Waals surface area (Å²) in [7, 11) is 0. The number of carbonyl (C=O) groups is 3. The highest BCUT2D eigenvalue weighted by Gasteiger charge is 2.26. The van der Waals surface area contributed by atoms with Crippen LogP contribution in [0.4, 0.5) is 9.59 Å². The number of ether oxygens (including phenoxy) is 5. The summed E-state index contributed by atoms with van der Waals surface area (Å²) in [5.41, 5.74) is 0. The maximum Gasteiger partial charge on any atom is 0.519 e. The third-order valence-corrected chi connectivity index (χ3v) is 4.47. The van der Waals surface area contributed by atoms with Gasteiger partial charge in [0.1, 0.15) is 11.8 Å². The summed E-state index contributed by atoms with van der Waals surface area (Å²) in [5.74, 6) is -0.918. The van der Waals surface area contributed by atoms with Gasteiger partial charge in [0.05, 0.1) is 6.61 Å². The SMILES string of the molecule is C=C1OC(C)=C(COC(=O)SC[C@H](NC(=O)OCc2oc(=O)oc2C)C(=O)OCC)O1. The van der Waals surface area contributed by atoms with Crippen LogP contribution in [-0.4, -0.2) is 42.4 Å². The molecule has 1 N–H and O–H groups in total. The second-order valence-electron chi connectivity index (χ2n) is 5.86. The maximum atomic E-state index is 12.1. The monoisotopic (exact) mass is 459 g/mol. The maximum absolute atomic E-state index is 12.1. The highest BCUT2D eigenvalue weighted by molar-refractivity contribution is 8.13. The molecule has 2 rings (SSSR count). The van der Waals surface area contributed by atoms with Crippen LogP contribution in [0.15, 0.2) is 37.7 Å². The molecule has 0 saturated carbocycles. The van der Waals surface area contributed by atoms with E-state index in [1.807, 2.05) is 0 Å². The molecular formula is C18H21NO11S. The van der Waals surface area contributed by atoms with E-state index < -0.39 is 35.8 Å². The molecule has 0 aromatic carbocycles. The van der Waals surface area contributed by atoms with Crippen LogP contribution in [0.1, 0.15) is 25.4 Å². The third kappa shape index (κ3) is 7.44. The van der Waals surface area contributed by atoms with Gasteiger partial charge in [-0.15, -0.1) is 0 Å². The zero-order valence-electron chi connectivity index (χ0n) is 17.0. The second kappa shape index (κ2) is 11.2. The van der Waals surface area contributed by atoms with Crippen molar-refractivity contribution in [3.05, 3.63) is 46.2 Å². The standard InChI is InChI=1S/C18H21NO11S/c1-5-24-15(20)12(19-16(21)25-6-14-10(3)28-17(22)30-14)8-31-18(23)26-7-13-9(2)27-11(4)29-13/h12H,4-8H2,1-3H3,(H,19,21)/t12-/m0/s1. The Bertz CT molecular complexity index is 929. The topological polar surface area (TPSA) is 153 Å². The van der Waals surface area contributed by atoms with Gasteiger partial charge in [0.25, 0.3) is 5.95 Å². The van der Waals surface area contributed by atoms with Crippen LogP contribution in [0, 0.1) is 6.92 Å². The van der Waals surface area contributed by atoms with Crippen molar-refractivity contribution < 1.29 is 46.9 Å². The number of alkyl carbamates (subject to hydrolysis) is 1. The fourth-order valence-corrected chi connectivity index (χ4v) is 2.80. The molecule has 1 aromatic rings. The van der Waals surface area contributed by atoms with E-state index in [2.05, 4.69) is 16.3 Å². The van der Waals surface area contributed by atoms with E-state index in [1.165, 1.54) is 6.92 Å². The zero-order valence-corrected chi connectivity index (χ0v) is 17.8. The second-order valence-corrected chi connectivity index (χ2v) is 6.82. The van der Waals surface area contributed by atoms with Gasteiger partial charge in [0.2, 0.25) is 0 Å². The number of amides is 1. The lowest BCUT2D eigenvalue weighted by atomic mass is 10.3. The molecule has 170 valence electrons. The molecule has 0 spiro atoms. The quantitative estimate of drug-likeness (QED) is 0.426. The van der Waals surface area contributed by atoms with Gasteiger partial charge in [0, 0.05) is 5.75 Å². The van der Waals surface area contributed by atoms with Gasteiger partial charge in [-0.1, -0.05) is 0 Å². The summed E-state index contributed by atoms with van der Waals surface area (Å²) < 4.78 is 34.4. The molecule has 1 amide bonds. The van der Waals surface area contributed by atoms with Crippen molar-refractivity contribution in [2.45, 2.75) is 33.4 Å². The molecule has 1 aliphatic rings. The minimum absolute atomic E-state index is 0.0242. The van der Waals surface area contributed by atoms with Crippen LogP contribution in [-0.2, 0) is 35.1 Å². The van der Waals surface area contributed by atoms with Gasteiger partial charge in [-0.3, -0.25) is 0 Å². The molecule has 0 saturated heterocycles. The Morgan fingerprint density at radius 3 is 2.42 bits per heavy atom. The van der Waals surface area contributed by atoms with Crippen molar-refractivity contribution >= 4 is 29.1 Å².